The van der Waals surface area contributed by atoms with Crippen LogP contribution in [0.4, 0.5) is 0 Å². The number of rotatable bonds is 5. The Morgan fingerprint density at radius 3 is 2.67 bits per heavy atom. The first-order valence-electron chi connectivity index (χ1n) is 7.91. The molecule has 1 aromatic rings. The van der Waals surface area contributed by atoms with E-state index in [-0.39, 0.29) is 0 Å². The summed E-state index contributed by atoms with van der Waals surface area (Å²) in [4.78, 5) is 2.51. The Balaban J connectivity index is 1.76. The van der Waals surface area contributed by atoms with E-state index in [1.54, 1.807) is 7.11 Å². The number of hydrogen-bond donors (Lipinski definition) is 1. The first-order chi connectivity index (χ1) is 10.2. The second-order valence-electron chi connectivity index (χ2n) is 6.23. The molecular formula is C17H26N2O2. The Morgan fingerprint density at radius 1 is 1.33 bits per heavy atom. The largest absolute Gasteiger partial charge is 0.496 e. The first-order valence-corrected chi connectivity index (χ1v) is 7.91. The third-order valence-corrected chi connectivity index (χ3v) is 4.75. The molecule has 4 heteroatoms. The highest BCUT2D eigenvalue weighted by Gasteiger charge is 2.33. The number of methoxy groups -OCH3 is 1. The Bertz CT molecular complexity index is 480. The lowest BCUT2D eigenvalue weighted by Crippen LogP contribution is -2.42. The zero-order chi connectivity index (χ0) is 14.8. The maximum Gasteiger partial charge on any atom is 0.123 e. The molecule has 3 atom stereocenters. The van der Waals surface area contributed by atoms with Crippen LogP contribution in [0.15, 0.2) is 18.2 Å². The monoisotopic (exact) mass is 290 g/mol. The summed E-state index contributed by atoms with van der Waals surface area (Å²) >= 11 is 0. The Hall–Kier alpha value is -1.10. The minimum Gasteiger partial charge on any atom is -0.496 e. The van der Waals surface area contributed by atoms with E-state index < -0.39 is 0 Å². The summed E-state index contributed by atoms with van der Waals surface area (Å²) in [6, 6.07) is 6.87. The third kappa shape index (κ3) is 3.23. The average Bonchev–Trinajstić information content (AvgIpc) is 2.85. The fourth-order valence-electron chi connectivity index (χ4n) is 3.43. The lowest BCUT2D eigenvalue weighted by atomic mass is 10.0. The highest BCUT2D eigenvalue weighted by molar-refractivity contribution is 5.38. The molecule has 4 nitrogen and oxygen atoms in total. The van der Waals surface area contributed by atoms with Crippen molar-refractivity contribution in [3.05, 3.63) is 29.3 Å². The minimum atomic E-state index is 0.357. The van der Waals surface area contributed by atoms with Crippen LogP contribution in [0, 0.1) is 0 Å². The van der Waals surface area contributed by atoms with Crippen LogP contribution in [0.2, 0.25) is 0 Å². The molecule has 0 radical (unpaired) electrons. The van der Waals surface area contributed by atoms with E-state index in [2.05, 4.69) is 35.3 Å². The van der Waals surface area contributed by atoms with Crippen molar-refractivity contribution in [2.75, 3.05) is 27.2 Å². The van der Waals surface area contributed by atoms with Crippen LogP contribution in [0.1, 0.15) is 36.9 Å². The average molecular weight is 290 g/mol. The first kappa shape index (κ1) is 14.8. The molecule has 2 saturated heterocycles. The number of morpholine rings is 1. The van der Waals surface area contributed by atoms with Crippen LogP contribution in [0.5, 0.6) is 5.75 Å². The van der Waals surface area contributed by atoms with Crippen molar-refractivity contribution in [2.24, 2.45) is 0 Å². The van der Waals surface area contributed by atoms with Gasteiger partial charge in [0.25, 0.3) is 0 Å². The summed E-state index contributed by atoms with van der Waals surface area (Å²) in [6.45, 7) is 5.22. The van der Waals surface area contributed by atoms with Gasteiger partial charge in [-0.1, -0.05) is 6.07 Å². The molecule has 0 spiro atoms. The van der Waals surface area contributed by atoms with Gasteiger partial charge >= 0.3 is 0 Å². The molecule has 2 aliphatic rings. The van der Waals surface area contributed by atoms with Gasteiger partial charge < -0.3 is 14.8 Å². The number of fused-ring (bicyclic) bond motifs is 2. The van der Waals surface area contributed by atoms with E-state index in [0.717, 1.165) is 25.4 Å². The van der Waals surface area contributed by atoms with Crippen LogP contribution in [0.25, 0.3) is 0 Å². The molecule has 2 heterocycles. The molecule has 21 heavy (non-hydrogen) atoms. The molecule has 1 aromatic carbocycles. The number of hydrogen-bond acceptors (Lipinski definition) is 4. The lowest BCUT2D eigenvalue weighted by Gasteiger charge is -2.32. The maximum absolute atomic E-state index is 5.92. The molecule has 3 unspecified atom stereocenters. The van der Waals surface area contributed by atoms with Gasteiger partial charge in [-0.3, -0.25) is 4.90 Å². The number of likely N-dealkylation sites (tertiary alicyclic amines) is 1. The van der Waals surface area contributed by atoms with Gasteiger partial charge in [-0.15, -0.1) is 0 Å². The zero-order valence-electron chi connectivity index (χ0n) is 13.3. The molecule has 116 valence electrons. The van der Waals surface area contributed by atoms with Crippen molar-refractivity contribution in [3.63, 3.8) is 0 Å². The second-order valence-corrected chi connectivity index (χ2v) is 6.23. The fraction of sp³-hybridized carbons (Fsp3) is 0.647. The van der Waals surface area contributed by atoms with Crippen molar-refractivity contribution >= 4 is 0 Å². The third-order valence-electron chi connectivity index (χ3n) is 4.75. The molecule has 1 N–H and O–H groups in total. The molecule has 3 rings (SSSR count). The predicted molar refractivity (Wildman–Crippen MR) is 83.6 cm³/mol. The Labute approximate surface area is 127 Å². The molecule has 0 aromatic heterocycles. The van der Waals surface area contributed by atoms with E-state index in [4.69, 9.17) is 9.47 Å². The second kappa shape index (κ2) is 6.34. The lowest BCUT2D eigenvalue weighted by molar-refractivity contribution is -0.0412. The number of benzene rings is 1. The van der Waals surface area contributed by atoms with Crippen LogP contribution in [-0.4, -0.2) is 44.4 Å². The molecule has 2 aliphatic heterocycles. The SMILES string of the molecule is CNC(C)c1ccc(OC)c(CN2CC3CCC(C2)O3)c1. The van der Waals surface area contributed by atoms with E-state index >= 15 is 0 Å². The van der Waals surface area contributed by atoms with E-state index in [1.165, 1.54) is 24.0 Å². The molecule has 0 amide bonds. The van der Waals surface area contributed by atoms with Crippen molar-refractivity contribution < 1.29 is 9.47 Å². The minimum absolute atomic E-state index is 0.357. The van der Waals surface area contributed by atoms with E-state index in [1.807, 2.05) is 7.05 Å². The van der Waals surface area contributed by atoms with Gasteiger partial charge in [-0.25, -0.2) is 0 Å². The van der Waals surface area contributed by atoms with Crippen molar-refractivity contribution in [2.45, 2.75) is 44.6 Å². The van der Waals surface area contributed by atoms with Crippen LogP contribution in [0.3, 0.4) is 0 Å². The maximum atomic E-state index is 5.92. The topological polar surface area (TPSA) is 33.7 Å². The van der Waals surface area contributed by atoms with Gasteiger partial charge in [0.1, 0.15) is 5.75 Å². The summed E-state index contributed by atoms with van der Waals surface area (Å²) < 4.78 is 11.5. The summed E-state index contributed by atoms with van der Waals surface area (Å²) in [7, 11) is 3.75. The van der Waals surface area contributed by atoms with Crippen LogP contribution in [-0.2, 0) is 11.3 Å². The smallest absolute Gasteiger partial charge is 0.123 e. The van der Waals surface area contributed by atoms with E-state index in [9.17, 15) is 0 Å². The van der Waals surface area contributed by atoms with Crippen LogP contribution < -0.4 is 10.1 Å². The summed E-state index contributed by atoms with van der Waals surface area (Å²) in [6.07, 6.45) is 3.31. The normalized spacial score (nSPS) is 26.8. The molecule has 0 saturated carbocycles. The van der Waals surface area contributed by atoms with Gasteiger partial charge in [0.15, 0.2) is 0 Å². The molecule has 0 aliphatic carbocycles. The number of nitrogens with zero attached hydrogens (tertiary/aromatic N) is 1. The quantitative estimate of drug-likeness (QED) is 0.902. The summed E-state index contributed by atoms with van der Waals surface area (Å²) in [5.74, 6) is 0.987. The summed E-state index contributed by atoms with van der Waals surface area (Å²) in [5, 5.41) is 3.30. The zero-order valence-corrected chi connectivity index (χ0v) is 13.3. The van der Waals surface area contributed by atoms with Crippen molar-refractivity contribution in [3.8, 4) is 5.75 Å². The molecular weight excluding hydrogens is 264 g/mol. The van der Waals surface area contributed by atoms with Gasteiger partial charge in [0.05, 0.1) is 19.3 Å². The van der Waals surface area contributed by atoms with Crippen molar-refractivity contribution in [1.82, 2.24) is 10.2 Å². The summed E-state index contributed by atoms with van der Waals surface area (Å²) in [5.41, 5.74) is 2.59. The van der Waals surface area contributed by atoms with E-state index in [0.29, 0.717) is 18.2 Å². The van der Waals surface area contributed by atoms with Crippen LogP contribution >= 0.6 is 0 Å². The highest BCUT2D eigenvalue weighted by atomic mass is 16.5. The Morgan fingerprint density at radius 2 is 2.05 bits per heavy atom. The van der Waals surface area contributed by atoms with Gasteiger partial charge in [-0.2, -0.15) is 0 Å². The fourth-order valence-corrected chi connectivity index (χ4v) is 3.43. The molecule has 2 fully saturated rings. The number of nitrogens with one attached hydrogen (secondary N) is 1. The van der Waals surface area contributed by atoms with Gasteiger partial charge in [-0.05, 0) is 44.5 Å². The predicted octanol–water partition coefficient (Wildman–Crippen LogP) is 2.34. The number of ether oxygens (including phenoxy) is 2. The standard InChI is InChI=1S/C17H26N2O2/c1-12(18-2)13-4-7-17(20-3)14(8-13)9-19-10-15-5-6-16(11-19)21-15/h4,7-8,12,15-16,18H,5-6,9-11H2,1-3H3. The molecule has 2 bridgehead atoms. The Kier molecular flexibility index (Phi) is 4.48. The van der Waals surface area contributed by atoms with Gasteiger partial charge in [0.2, 0.25) is 0 Å². The van der Waals surface area contributed by atoms with Gasteiger partial charge in [0, 0.05) is 31.2 Å². The highest BCUT2D eigenvalue weighted by Crippen LogP contribution is 2.30. The van der Waals surface area contributed by atoms with Crippen molar-refractivity contribution in [1.29, 1.82) is 0 Å².